The second kappa shape index (κ2) is 12.1. The molecule has 0 radical (unpaired) electrons. The highest BCUT2D eigenvalue weighted by atomic mass is 16.7. The van der Waals surface area contributed by atoms with E-state index >= 15 is 0 Å². The number of amides is 1. The van der Waals surface area contributed by atoms with Crippen LogP contribution in [0.5, 0.6) is 11.5 Å². The van der Waals surface area contributed by atoms with Crippen LogP contribution in [0.25, 0.3) is 0 Å². The van der Waals surface area contributed by atoms with Gasteiger partial charge in [-0.3, -0.25) is 9.59 Å². The Morgan fingerprint density at radius 3 is 2.58 bits per heavy atom. The van der Waals surface area contributed by atoms with Crippen molar-refractivity contribution in [1.29, 1.82) is 0 Å². The van der Waals surface area contributed by atoms with Crippen molar-refractivity contribution < 1.29 is 42.8 Å². The van der Waals surface area contributed by atoms with Crippen molar-refractivity contribution in [3.63, 3.8) is 0 Å². The molecular weight excluding hydrogens is 412 g/mol. The first kappa shape index (κ1) is 24.4. The number of nitrogens with two attached hydrogens (primary N) is 2. The third kappa shape index (κ3) is 7.70. The molecule has 1 heterocycles. The summed E-state index contributed by atoms with van der Waals surface area (Å²) in [5.74, 6) is -1.34. The summed E-state index contributed by atoms with van der Waals surface area (Å²) in [6.45, 7) is 2.69. The molecule has 1 aromatic carbocycles. The standard InChI is InChI=1S/C20H28N2O9/c1-12(23)29-14-10-17(20(25)26-2)31-18(11-14)30-16-9-13(3-4-15(16)19(22)24)28-8-7-27-6-5-21/h3-4,9,14,17-18H,5-8,10-11,21H2,1-2H3,(H2,22,24)/t14-,17-,18+/m0/s1. The van der Waals surface area contributed by atoms with E-state index in [1.54, 1.807) is 6.07 Å². The van der Waals surface area contributed by atoms with Crippen molar-refractivity contribution in [3.8, 4) is 11.5 Å². The van der Waals surface area contributed by atoms with Crippen molar-refractivity contribution in [2.75, 3.05) is 33.5 Å². The Kier molecular flexibility index (Phi) is 9.50. The molecule has 11 heteroatoms. The SMILES string of the molecule is COC(=O)[C@@H]1C[C@H](OC(C)=O)C[C@H](Oc2cc(OCCOCCN)ccc2C(N)=O)O1. The van der Waals surface area contributed by atoms with E-state index in [1.165, 1.54) is 26.2 Å². The van der Waals surface area contributed by atoms with Crippen LogP contribution in [0.2, 0.25) is 0 Å². The molecule has 2 rings (SSSR count). The fourth-order valence-corrected chi connectivity index (χ4v) is 2.97. The summed E-state index contributed by atoms with van der Waals surface area (Å²) in [7, 11) is 1.22. The molecule has 1 aliphatic heterocycles. The van der Waals surface area contributed by atoms with Gasteiger partial charge in [-0.15, -0.1) is 0 Å². The van der Waals surface area contributed by atoms with E-state index in [1.807, 2.05) is 0 Å². The topological polar surface area (TPSA) is 159 Å². The van der Waals surface area contributed by atoms with Crippen LogP contribution in [0.3, 0.4) is 0 Å². The first-order valence-electron chi connectivity index (χ1n) is 9.75. The largest absolute Gasteiger partial charge is 0.491 e. The van der Waals surface area contributed by atoms with Gasteiger partial charge in [0.25, 0.3) is 5.91 Å². The summed E-state index contributed by atoms with van der Waals surface area (Å²) in [5.41, 5.74) is 10.9. The Morgan fingerprint density at radius 1 is 1.16 bits per heavy atom. The van der Waals surface area contributed by atoms with E-state index in [0.29, 0.717) is 25.5 Å². The van der Waals surface area contributed by atoms with Gasteiger partial charge in [0.15, 0.2) is 6.10 Å². The molecule has 11 nitrogen and oxygen atoms in total. The number of ether oxygens (including phenoxy) is 6. The first-order valence-corrected chi connectivity index (χ1v) is 9.75. The van der Waals surface area contributed by atoms with Gasteiger partial charge < -0.3 is 39.9 Å². The van der Waals surface area contributed by atoms with E-state index in [0.717, 1.165) is 0 Å². The molecule has 172 valence electrons. The number of carbonyl (C=O) groups is 3. The average molecular weight is 440 g/mol. The zero-order valence-corrected chi connectivity index (χ0v) is 17.5. The molecule has 0 unspecified atom stereocenters. The van der Waals surface area contributed by atoms with E-state index in [2.05, 4.69) is 0 Å². The van der Waals surface area contributed by atoms with Crippen molar-refractivity contribution in [1.82, 2.24) is 0 Å². The van der Waals surface area contributed by atoms with Gasteiger partial charge in [0, 0.05) is 32.4 Å². The van der Waals surface area contributed by atoms with Crippen LogP contribution in [0, 0.1) is 0 Å². The molecule has 0 bridgehead atoms. The predicted molar refractivity (Wildman–Crippen MR) is 106 cm³/mol. The van der Waals surface area contributed by atoms with Gasteiger partial charge in [-0.1, -0.05) is 0 Å². The van der Waals surface area contributed by atoms with E-state index in [9.17, 15) is 14.4 Å². The van der Waals surface area contributed by atoms with Crippen LogP contribution in [0.15, 0.2) is 18.2 Å². The highest BCUT2D eigenvalue weighted by Gasteiger charge is 2.37. The number of primary amides is 1. The summed E-state index contributed by atoms with van der Waals surface area (Å²) < 4.78 is 32.2. The molecule has 1 aliphatic rings. The number of esters is 2. The quantitative estimate of drug-likeness (QED) is 0.358. The van der Waals surface area contributed by atoms with Gasteiger partial charge in [-0.05, 0) is 12.1 Å². The maximum atomic E-state index is 12.0. The van der Waals surface area contributed by atoms with Gasteiger partial charge in [0.1, 0.15) is 24.2 Å². The van der Waals surface area contributed by atoms with Crippen molar-refractivity contribution in [2.24, 2.45) is 11.5 Å². The fraction of sp³-hybridized carbons (Fsp3) is 0.550. The summed E-state index contributed by atoms with van der Waals surface area (Å²) in [6.07, 6.45) is -2.35. The maximum Gasteiger partial charge on any atom is 0.335 e. The Hall–Kier alpha value is -2.89. The van der Waals surface area contributed by atoms with Crippen molar-refractivity contribution in [3.05, 3.63) is 23.8 Å². The van der Waals surface area contributed by atoms with Crippen LogP contribution in [-0.4, -0.2) is 69.8 Å². The smallest absolute Gasteiger partial charge is 0.335 e. The minimum Gasteiger partial charge on any atom is -0.491 e. The second-order valence-corrected chi connectivity index (χ2v) is 6.67. The van der Waals surface area contributed by atoms with Crippen LogP contribution in [0.1, 0.15) is 30.1 Å². The zero-order chi connectivity index (χ0) is 22.8. The van der Waals surface area contributed by atoms with Crippen LogP contribution >= 0.6 is 0 Å². The summed E-state index contributed by atoms with van der Waals surface area (Å²) in [4.78, 5) is 35.1. The lowest BCUT2D eigenvalue weighted by Gasteiger charge is -2.33. The maximum absolute atomic E-state index is 12.0. The monoisotopic (exact) mass is 440 g/mol. The molecule has 1 saturated heterocycles. The number of benzene rings is 1. The summed E-state index contributed by atoms with van der Waals surface area (Å²) in [5, 5.41) is 0. The van der Waals surface area contributed by atoms with E-state index in [4.69, 9.17) is 39.9 Å². The molecular formula is C20H28N2O9. The zero-order valence-electron chi connectivity index (χ0n) is 17.5. The van der Waals surface area contributed by atoms with Gasteiger partial charge in [-0.2, -0.15) is 0 Å². The molecule has 0 spiro atoms. The summed E-state index contributed by atoms with van der Waals surface area (Å²) >= 11 is 0. The molecule has 0 saturated carbocycles. The molecule has 31 heavy (non-hydrogen) atoms. The Labute approximate surface area is 179 Å². The molecule has 0 aliphatic carbocycles. The molecule has 4 N–H and O–H groups in total. The number of hydrogen-bond acceptors (Lipinski definition) is 10. The Bertz CT molecular complexity index is 771. The van der Waals surface area contributed by atoms with Gasteiger partial charge in [0.2, 0.25) is 6.29 Å². The Balaban J connectivity index is 2.14. The normalized spacial score (nSPS) is 20.5. The highest BCUT2D eigenvalue weighted by Crippen LogP contribution is 2.30. The number of methoxy groups -OCH3 is 1. The van der Waals surface area contributed by atoms with Crippen LogP contribution < -0.4 is 20.9 Å². The van der Waals surface area contributed by atoms with E-state index in [-0.39, 0.29) is 30.8 Å². The first-order chi connectivity index (χ1) is 14.8. The van der Waals surface area contributed by atoms with Gasteiger partial charge in [-0.25, -0.2) is 4.79 Å². The minimum atomic E-state index is -0.997. The molecule has 1 aromatic rings. The fourth-order valence-electron chi connectivity index (χ4n) is 2.97. The Morgan fingerprint density at radius 2 is 1.94 bits per heavy atom. The third-order valence-corrected chi connectivity index (χ3v) is 4.28. The van der Waals surface area contributed by atoms with E-state index < -0.39 is 36.3 Å². The molecule has 1 fully saturated rings. The average Bonchev–Trinajstić information content (AvgIpc) is 2.72. The predicted octanol–water partition coefficient (Wildman–Crippen LogP) is 0.128. The number of rotatable bonds is 11. The minimum absolute atomic E-state index is 0.0968. The lowest BCUT2D eigenvalue weighted by molar-refractivity contribution is -0.204. The second-order valence-electron chi connectivity index (χ2n) is 6.67. The number of carbonyl (C=O) groups excluding carboxylic acids is 3. The molecule has 0 aromatic heterocycles. The number of hydrogen-bond donors (Lipinski definition) is 2. The molecule has 1 amide bonds. The van der Waals surface area contributed by atoms with Crippen molar-refractivity contribution >= 4 is 17.8 Å². The lowest BCUT2D eigenvalue weighted by atomic mass is 10.0. The third-order valence-electron chi connectivity index (χ3n) is 4.28. The summed E-state index contributed by atoms with van der Waals surface area (Å²) in [6, 6.07) is 4.50. The highest BCUT2D eigenvalue weighted by molar-refractivity contribution is 5.95. The van der Waals surface area contributed by atoms with Gasteiger partial charge >= 0.3 is 11.9 Å². The lowest BCUT2D eigenvalue weighted by Crippen LogP contribution is -2.44. The molecule has 3 atom stereocenters. The van der Waals surface area contributed by atoms with Crippen molar-refractivity contribution in [2.45, 2.75) is 38.3 Å². The van der Waals surface area contributed by atoms with Crippen LogP contribution in [-0.2, 0) is 28.5 Å². The van der Waals surface area contributed by atoms with Gasteiger partial charge in [0.05, 0.1) is 25.9 Å². The van der Waals surface area contributed by atoms with Crippen LogP contribution in [0.4, 0.5) is 0 Å².